The van der Waals surface area contributed by atoms with Gasteiger partial charge in [0.15, 0.2) is 12.4 Å². The second kappa shape index (κ2) is 33.9. The predicted octanol–water partition coefficient (Wildman–Crippen LogP) is 7.89. The van der Waals surface area contributed by atoms with Gasteiger partial charge in [0.25, 0.3) is 0 Å². The van der Waals surface area contributed by atoms with Crippen molar-refractivity contribution < 1.29 is 14.6 Å². The molecule has 0 aromatic carbocycles. The molecular weight excluding hydrogens is 806 g/mol. The Labute approximate surface area is 356 Å². The largest absolute Gasteiger partial charge is 0.384 e. The molecule has 1 aliphatic heterocycles. The highest BCUT2D eigenvalue weighted by atomic mass is 79.9. The molecule has 17 heteroatoms. The number of ether oxygens (including phenoxy) is 1. The number of nitrogens with zero attached hydrogens (tertiary/aromatic N) is 10. The van der Waals surface area contributed by atoms with E-state index >= 15 is 0 Å². The predicted molar refractivity (Wildman–Crippen MR) is 243 cm³/mol. The number of nitro groups is 2. The van der Waals surface area contributed by atoms with Crippen LogP contribution in [-0.4, -0.2) is 139 Å². The summed E-state index contributed by atoms with van der Waals surface area (Å²) >= 11 is 3.11. The smallest absolute Gasteiger partial charge is 0.363 e. The minimum Gasteiger partial charge on any atom is -0.384 e. The third-order valence-electron chi connectivity index (χ3n) is 9.31. The van der Waals surface area contributed by atoms with Crippen LogP contribution in [0.15, 0.2) is 59.5 Å². The van der Waals surface area contributed by atoms with Crippen LogP contribution in [0.25, 0.3) is 0 Å². The molecule has 0 aliphatic carbocycles. The van der Waals surface area contributed by atoms with Crippen LogP contribution in [0.5, 0.6) is 0 Å². The highest BCUT2D eigenvalue weighted by Crippen LogP contribution is 2.15. The van der Waals surface area contributed by atoms with Crippen LogP contribution in [0.1, 0.15) is 74.1 Å². The lowest BCUT2D eigenvalue weighted by atomic mass is 10.3. The monoisotopic (exact) mass is 877 g/mol. The number of unbranched alkanes of at least 4 members (excludes halogenated alkanes) is 1. The first-order valence-electron chi connectivity index (χ1n) is 20.5. The molecule has 1 aliphatic rings. The van der Waals surface area contributed by atoms with Crippen LogP contribution in [0.2, 0.25) is 0 Å². The number of nitrogen functional groups attached to an aromatic ring is 1. The Bertz CT molecular complexity index is 1430. The molecule has 0 atom stereocenters. The van der Waals surface area contributed by atoms with Crippen molar-refractivity contribution >= 4 is 44.8 Å². The standard InChI is InChI=1S/C12H20N4O2.C12H22N4.C8H19N.C5H3BrN2O2.C4H8O/c1-4-15(5-2)9-8-14(3)11-6-7-12(13-10-11)16(17)18;1-4-16(5-2)9-8-15(3)11-6-7-12(13)14-10-11;1-4-7-8-9(5-2)6-3;6-4-1-2-5(7-3-4)8(9)10;1-2-4-5-3-1/h6-7,10H,4-5,8-9H2,1-3H3;6-7,10H,4-5,8-9H2,1-3H3,(H2,13,14);4-8H2,1-3H3;1-3H;1-4H2. The Morgan fingerprint density at radius 2 is 1.03 bits per heavy atom. The van der Waals surface area contributed by atoms with Crippen LogP contribution in [0.4, 0.5) is 28.8 Å². The fourth-order valence-corrected chi connectivity index (χ4v) is 5.40. The van der Waals surface area contributed by atoms with Gasteiger partial charge < -0.3 is 55.2 Å². The van der Waals surface area contributed by atoms with Crippen molar-refractivity contribution in [1.82, 2.24) is 29.7 Å². The number of hydrogen-bond donors (Lipinski definition) is 1. The molecule has 0 saturated carbocycles. The fraction of sp³-hybridized carbons (Fsp3) is 0.634. The molecule has 0 amide bonds. The summed E-state index contributed by atoms with van der Waals surface area (Å²) in [6.45, 7) is 29.2. The topological polar surface area (TPSA) is 176 Å². The normalized spacial score (nSPS) is 11.6. The third kappa shape index (κ3) is 25.4. The molecule has 1 saturated heterocycles. The van der Waals surface area contributed by atoms with Crippen molar-refractivity contribution in [3.05, 3.63) is 79.7 Å². The molecule has 4 rings (SSSR count). The number of aromatic nitrogens is 3. The Morgan fingerprint density at radius 3 is 1.34 bits per heavy atom. The number of halogens is 1. The van der Waals surface area contributed by atoms with E-state index in [1.54, 1.807) is 18.3 Å². The summed E-state index contributed by atoms with van der Waals surface area (Å²) < 4.78 is 5.68. The molecule has 0 unspecified atom stereocenters. The van der Waals surface area contributed by atoms with Gasteiger partial charge in [-0.25, -0.2) is 4.98 Å². The summed E-state index contributed by atoms with van der Waals surface area (Å²) in [5.74, 6) is 0.319. The van der Waals surface area contributed by atoms with E-state index in [0.29, 0.717) is 5.82 Å². The second-order valence-electron chi connectivity index (χ2n) is 13.3. The van der Waals surface area contributed by atoms with Gasteiger partial charge in [-0.2, -0.15) is 0 Å². The van der Waals surface area contributed by atoms with Crippen molar-refractivity contribution in [3.8, 4) is 0 Å². The van der Waals surface area contributed by atoms with E-state index < -0.39 is 9.85 Å². The minimum atomic E-state index is -0.535. The summed E-state index contributed by atoms with van der Waals surface area (Å²) in [6.07, 6.45) is 9.97. The minimum absolute atomic E-state index is 0.115. The van der Waals surface area contributed by atoms with E-state index in [0.717, 1.165) is 81.4 Å². The van der Waals surface area contributed by atoms with Gasteiger partial charge in [-0.1, -0.05) is 54.9 Å². The Kier molecular flexibility index (Phi) is 31.5. The zero-order valence-electron chi connectivity index (χ0n) is 36.7. The highest BCUT2D eigenvalue weighted by molar-refractivity contribution is 9.10. The summed E-state index contributed by atoms with van der Waals surface area (Å²) in [4.78, 5) is 42.4. The van der Waals surface area contributed by atoms with Gasteiger partial charge in [-0.3, -0.25) is 0 Å². The van der Waals surface area contributed by atoms with Gasteiger partial charge in [-0.15, -0.1) is 0 Å². The van der Waals surface area contributed by atoms with E-state index in [2.05, 4.69) is 111 Å². The quantitative estimate of drug-likeness (QED) is 0.0909. The zero-order chi connectivity index (χ0) is 43.7. The van der Waals surface area contributed by atoms with Gasteiger partial charge in [0.1, 0.15) is 5.82 Å². The summed E-state index contributed by atoms with van der Waals surface area (Å²) in [6, 6.07) is 9.92. The molecule has 4 heterocycles. The second-order valence-corrected chi connectivity index (χ2v) is 14.2. The van der Waals surface area contributed by atoms with Gasteiger partial charge in [0, 0.05) is 65.6 Å². The molecule has 2 N–H and O–H groups in total. The highest BCUT2D eigenvalue weighted by Gasteiger charge is 2.10. The van der Waals surface area contributed by atoms with Crippen LogP contribution in [-0.2, 0) is 4.74 Å². The molecule has 328 valence electrons. The average molecular weight is 879 g/mol. The van der Waals surface area contributed by atoms with E-state index in [9.17, 15) is 20.2 Å². The van der Waals surface area contributed by atoms with Gasteiger partial charge in [0.05, 0.1) is 22.0 Å². The fourth-order valence-electron chi connectivity index (χ4n) is 5.16. The molecule has 0 radical (unpaired) electrons. The molecular formula is C41H72BrN11O5. The number of likely N-dealkylation sites (N-methyl/N-ethyl adjacent to an activating group) is 4. The van der Waals surface area contributed by atoms with Gasteiger partial charge >= 0.3 is 11.6 Å². The molecule has 3 aromatic heterocycles. The summed E-state index contributed by atoms with van der Waals surface area (Å²) in [5, 5.41) is 20.5. The van der Waals surface area contributed by atoms with Crippen LogP contribution in [0.3, 0.4) is 0 Å². The summed E-state index contributed by atoms with van der Waals surface area (Å²) in [5.41, 5.74) is 7.56. The average Bonchev–Trinajstić information content (AvgIpc) is 3.84. The molecule has 16 nitrogen and oxygen atoms in total. The van der Waals surface area contributed by atoms with E-state index in [1.165, 1.54) is 63.6 Å². The SMILES string of the molecule is C1CCOC1.CCCCN(CC)CC.CCN(CC)CCN(C)c1ccc(N)nc1.CCN(CC)CCN(C)c1ccc([N+](=O)[O-])nc1.O=[N+]([O-])c1ccc(Br)cn1. The van der Waals surface area contributed by atoms with E-state index in [-0.39, 0.29) is 11.6 Å². The number of pyridine rings is 3. The van der Waals surface area contributed by atoms with Crippen molar-refractivity contribution in [2.75, 3.05) is 115 Å². The molecule has 0 spiro atoms. The van der Waals surface area contributed by atoms with Crippen LogP contribution < -0.4 is 15.5 Å². The maximum atomic E-state index is 10.5. The van der Waals surface area contributed by atoms with Gasteiger partial charge in [0.2, 0.25) is 0 Å². The lowest BCUT2D eigenvalue weighted by molar-refractivity contribution is -0.389. The van der Waals surface area contributed by atoms with E-state index in [4.69, 9.17) is 10.5 Å². The van der Waals surface area contributed by atoms with Gasteiger partial charge in [-0.05, 0) is 125 Å². The number of rotatable bonds is 19. The maximum Gasteiger partial charge on any atom is 0.363 e. The van der Waals surface area contributed by atoms with Crippen molar-refractivity contribution in [2.45, 2.75) is 74.1 Å². The van der Waals surface area contributed by atoms with Crippen LogP contribution >= 0.6 is 15.9 Å². The lowest BCUT2D eigenvalue weighted by Crippen LogP contribution is -2.33. The first kappa shape index (κ1) is 54.0. The Balaban J connectivity index is 0.000000739. The molecule has 58 heavy (non-hydrogen) atoms. The number of anilines is 3. The van der Waals surface area contributed by atoms with E-state index in [1.807, 2.05) is 25.4 Å². The number of hydrogen-bond acceptors (Lipinski definition) is 14. The first-order valence-corrected chi connectivity index (χ1v) is 21.3. The Hall–Kier alpha value is -4.03. The van der Waals surface area contributed by atoms with Crippen molar-refractivity contribution in [1.29, 1.82) is 0 Å². The lowest BCUT2D eigenvalue weighted by Gasteiger charge is -2.24. The molecule has 0 bridgehead atoms. The zero-order valence-corrected chi connectivity index (χ0v) is 38.3. The van der Waals surface area contributed by atoms with Crippen LogP contribution in [0, 0.1) is 20.2 Å². The third-order valence-corrected chi connectivity index (χ3v) is 9.78. The summed E-state index contributed by atoms with van der Waals surface area (Å²) in [7, 11) is 4.04. The van der Waals surface area contributed by atoms with Crippen molar-refractivity contribution in [3.63, 3.8) is 0 Å². The maximum absolute atomic E-state index is 10.5. The number of nitrogens with two attached hydrogens (primary N) is 1. The van der Waals surface area contributed by atoms with Crippen molar-refractivity contribution in [2.24, 2.45) is 0 Å². The molecule has 3 aromatic rings. The first-order chi connectivity index (χ1) is 27.8. The Morgan fingerprint density at radius 1 is 0.621 bits per heavy atom. The molecule has 1 fully saturated rings.